The highest BCUT2D eigenvalue weighted by Gasteiger charge is 2.18. The van der Waals surface area contributed by atoms with Gasteiger partial charge in [-0.1, -0.05) is 35.3 Å². The van der Waals surface area contributed by atoms with Crippen LogP contribution in [0.4, 0.5) is 5.69 Å². The SMILES string of the molecule is Cc1cc(Oc2ccc(S(=O)(=O)c3ccc(Cl)cc3)cc2)c(C)cc1NC(=S)NC(=O)c1ccccc1Cl. The number of amides is 1. The van der Waals surface area contributed by atoms with E-state index in [2.05, 4.69) is 10.6 Å². The molecule has 194 valence electrons. The number of hydrogen-bond donors (Lipinski definition) is 2. The minimum absolute atomic E-state index is 0.128. The van der Waals surface area contributed by atoms with Crippen molar-refractivity contribution in [3.63, 3.8) is 0 Å². The molecule has 0 fully saturated rings. The quantitative estimate of drug-likeness (QED) is 0.230. The lowest BCUT2D eigenvalue weighted by Gasteiger charge is -2.16. The van der Waals surface area contributed by atoms with Crippen LogP contribution in [0.5, 0.6) is 11.5 Å². The summed E-state index contributed by atoms with van der Waals surface area (Å²) in [6.45, 7) is 3.74. The highest BCUT2D eigenvalue weighted by atomic mass is 35.5. The molecule has 0 aliphatic rings. The molecule has 0 aliphatic carbocycles. The number of benzene rings is 4. The first-order valence-corrected chi connectivity index (χ1v) is 14.0. The van der Waals surface area contributed by atoms with Crippen LogP contribution >= 0.6 is 35.4 Å². The van der Waals surface area contributed by atoms with E-state index in [1.165, 1.54) is 36.4 Å². The number of carbonyl (C=O) groups excluding carboxylic acids is 1. The molecule has 38 heavy (non-hydrogen) atoms. The smallest absolute Gasteiger partial charge is 0.258 e. The van der Waals surface area contributed by atoms with E-state index in [1.54, 1.807) is 36.4 Å². The van der Waals surface area contributed by atoms with E-state index in [9.17, 15) is 13.2 Å². The molecule has 4 rings (SSSR count). The Morgan fingerprint density at radius 1 is 0.842 bits per heavy atom. The van der Waals surface area contributed by atoms with Gasteiger partial charge in [0, 0.05) is 10.7 Å². The van der Waals surface area contributed by atoms with Crippen LogP contribution in [0.2, 0.25) is 10.0 Å². The summed E-state index contributed by atoms with van der Waals surface area (Å²) in [6.07, 6.45) is 0. The maximum absolute atomic E-state index is 12.9. The van der Waals surface area contributed by atoms with E-state index in [0.29, 0.717) is 32.8 Å². The number of rotatable bonds is 6. The molecule has 4 aromatic rings. The molecular weight excluding hydrogens is 563 g/mol. The average Bonchev–Trinajstić information content (AvgIpc) is 2.88. The number of hydrogen-bond acceptors (Lipinski definition) is 5. The number of halogens is 2. The van der Waals surface area contributed by atoms with Crippen LogP contribution in [-0.4, -0.2) is 19.4 Å². The number of carbonyl (C=O) groups is 1. The summed E-state index contributed by atoms with van der Waals surface area (Å²) in [5.41, 5.74) is 2.64. The van der Waals surface area contributed by atoms with Gasteiger partial charge in [-0.25, -0.2) is 8.42 Å². The second-order valence-electron chi connectivity index (χ2n) is 8.35. The van der Waals surface area contributed by atoms with Crippen LogP contribution < -0.4 is 15.4 Å². The Balaban J connectivity index is 1.45. The standard InChI is InChI=1S/C28H22Cl2N2O4S2/c1-17-16-26(18(2)15-25(17)31-28(37)32-27(33)23-5-3-4-6-24(23)30)36-20-9-13-22(14-10-20)38(34,35)21-11-7-19(29)8-12-21/h3-16H,1-2H3,(H2,31,32,33,37). The summed E-state index contributed by atoms with van der Waals surface area (Å²) in [6, 6.07) is 22.6. The first-order chi connectivity index (χ1) is 18.0. The van der Waals surface area contributed by atoms with Gasteiger partial charge in [0.2, 0.25) is 9.84 Å². The summed E-state index contributed by atoms with van der Waals surface area (Å²) in [5, 5.41) is 6.58. The number of aryl methyl sites for hydroxylation is 2. The second-order valence-corrected chi connectivity index (χ2v) is 11.6. The molecule has 10 heteroatoms. The molecule has 0 atom stereocenters. The third-order valence-corrected chi connectivity index (χ3v) is 8.17. The van der Waals surface area contributed by atoms with Gasteiger partial charge in [0.25, 0.3) is 5.91 Å². The summed E-state index contributed by atoms with van der Waals surface area (Å²) >= 11 is 17.3. The predicted molar refractivity (Wildman–Crippen MR) is 154 cm³/mol. The zero-order valence-electron chi connectivity index (χ0n) is 20.3. The highest BCUT2D eigenvalue weighted by Crippen LogP contribution is 2.31. The Hall–Kier alpha value is -3.43. The van der Waals surface area contributed by atoms with E-state index < -0.39 is 15.7 Å². The lowest BCUT2D eigenvalue weighted by molar-refractivity contribution is 0.0978. The van der Waals surface area contributed by atoms with E-state index in [1.807, 2.05) is 26.0 Å². The third kappa shape index (κ3) is 6.34. The number of anilines is 1. The van der Waals surface area contributed by atoms with Crippen molar-refractivity contribution in [2.24, 2.45) is 0 Å². The van der Waals surface area contributed by atoms with Gasteiger partial charge in [-0.05, 0) is 110 Å². The van der Waals surface area contributed by atoms with Crippen LogP contribution in [0, 0.1) is 13.8 Å². The molecule has 2 N–H and O–H groups in total. The molecule has 0 saturated heterocycles. The van der Waals surface area contributed by atoms with Crippen LogP contribution in [0.1, 0.15) is 21.5 Å². The topological polar surface area (TPSA) is 84.5 Å². The average molecular weight is 586 g/mol. The normalized spacial score (nSPS) is 11.1. The fourth-order valence-electron chi connectivity index (χ4n) is 3.57. The van der Waals surface area contributed by atoms with Crippen LogP contribution in [0.25, 0.3) is 0 Å². The Bertz CT molecular complexity index is 1620. The van der Waals surface area contributed by atoms with Crippen molar-refractivity contribution in [3.05, 3.63) is 112 Å². The Morgan fingerprint density at radius 2 is 1.45 bits per heavy atom. The minimum Gasteiger partial charge on any atom is -0.457 e. The first kappa shape index (κ1) is 27.6. The third-order valence-electron chi connectivity index (χ3n) is 5.60. The van der Waals surface area contributed by atoms with Gasteiger partial charge in [-0.15, -0.1) is 0 Å². The van der Waals surface area contributed by atoms with Crippen molar-refractivity contribution >= 4 is 62.0 Å². The van der Waals surface area contributed by atoms with Crippen LogP contribution in [-0.2, 0) is 9.84 Å². The molecule has 0 unspecified atom stereocenters. The number of ether oxygens (including phenoxy) is 1. The second kappa shape index (κ2) is 11.5. The van der Waals surface area contributed by atoms with Crippen molar-refractivity contribution in [1.82, 2.24) is 5.32 Å². The van der Waals surface area contributed by atoms with Crippen LogP contribution in [0.3, 0.4) is 0 Å². The Kier molecular flexibility index (Phi) is 8.38. The molecule has 6 nitrogen and oxygen atoms in total. The molecule has 0 aliphatic heterocycles. The molecular formula is C28H22Cl2N2O4S2. The lowest BCUT2D eigenvalue weighted by Crippen LogP contribution is -2.34. The van der Waals surface area contributed by atoms with Gasteiger partial charge in [0.15, 0.2) is 5.11 Å². The van der Waals surface area contributed by atoms with Crippen molar-refractivity contribution < 1.29 is 17.9 Å². The number of sulfone groups is 1. The van der Waals surface area contributed by atoms with Crippen molar-refractivity contribution in [2.45, 2.75) is 23.6 Å². The first-order valence-electron chi connectivity index (χ1n) is 11.3. The van der Waals surface area contributed by atoms with Crippen molar-refractivity contribution in [1.29, 1.82) is 0 Å². The van der Waals surface area contributed by atoms with Gasteiger partial charge >= 0.3 is 0 Å². The fourth-order valence-corrected chi connectivity index (χ4v) is 5.38. The van der Waals surface area contributed by atoms with Gasteiger partial charge in [0.05, 0.1) is 20.4 Å². The molecule has 0 aromatic heterocycles. The maximum atomic E-state index is 12.9. The number of nitrogens with one attached hydrogen (secondary N) is 2. The highest BCUT2D eigenvalue weighted by molar-refractivity contribution is 7.91. The fraction of sp³-hybridized carbons (Fsp3) is 0.0714. The monoisotopic (exact) mass is 584 g/mol. The van der Waals surface area contributed by atoms with Gasteiger partial charge in [0.1, 0.15) is 11.5 Å². The predicted octanol–water partition coefficient (Wildman–Crippen LogP) is 7.36. The van der Waals surface area contributed by atoms with E-state index >= 15 is 0 Å². The lowest BCUT2D eigenvalue weighted by atomic mass is 10.1. The molecule has 0 heterocycles. The summed E-state index contributed by atoms with van der Waals surface area (Å²) in [4.78, 5) is 12.8. The van der Waals surface area contributed by atoms with E-state index in [4.69, 9.17) is 40.2 Å². The molecule has 0 bridgehead atoms. The zero-order chi connectivity index (χ0) is 27.4. The Labute approximate surface area is 236 Å². The molecule has 4 aromatic carbocycles. The van der Waals surface area contributed by atoms with Crippen LogP contribution in [0.15, 0.2) is 94.7 Å². The molecule has 0 saturated carbocycles. The number of thiocarbonyl (C=S) groups is 1. The van der Waals surface area contributed by atoms with Gasteiger partial charge < -0.3 is 10.1 Å². The molecule has 0 spiro atoms. The van der Waals surface area contributed by atoms with Gasteiger partial charge in [-0.3, -0.25) is 10.1 Å². The van der Waals surface area contributed by atoms with Crippen molar-refractivity contribution in [3.8, 4) is 11.5 Å². The maximum Gasteiger partial charge on any atom is 0.258 e. The Morgan fingerprint density at radius 3 is 2.08 bits per heavy atom. The summed E-state index contributed by atoms with van der Waals surface area (Å²) < 4.78 is 31.8. The molecule has 1 amide bonds. The summed E-state index contributed by atoms with van der Waals surface area (Å²) in [7, 11) is -3.68. The largest absolute Gasteiger partial charge is 0.457 e. The van der Waals surface area contributed by atoms with Crippen molar-refractivity contribution in [2.75, 3.05) is 5.32 Å². The van der Waals surface area contributed by atoms with E-state index in [0.717, 1.165) is 11.1 Å². The minimum atomic E-state index is -3.68. The zero-order valence-corrected chi connectivity index (χ0v) is 23.4. The summed E-state index contributed by atoms with van der Waals surface area (Å²) in [5.74, 6) is 0.655. The molecule has 0 radical (unpaired) electrons. The van der Waals surface area contributed by atoms with Gasteiger partial charge in [-0.2, -0.15) is 0 Å². The van der Waals surface area contributed by atoms with E-state index in [-0.39, 0.29) is 14.9 Å².